The third-order valence-electron chi connectivity index (χ3n) is 5.99. The molecule has 1 aromatic heterocycles. The number of rotatable bonds is 7. The van der Waals surface area contributed by atoms with Crippen molar-refractivity contribution >= 4 is 45.6 Å². The Morgan fingerprint density at radius 3 is 2.57 bits per heavy atom. The summed E-state index contributed by atoms with van der Waals surface area (Å²) in [5.41, 5.74) is 5.28. The molecule has 0 spiro atoms. The van der Waals surface area contributed by atoms with Gasteiger partial charge in [-0.05, 0) is 66.0 Å². The molecule has 0 fully saturated rings. The van der Waals surface area contributed by atoms with Gasteiger partial charge in [0, 0.05) is 34.9 Å². The Morgan fingerprint density at radius 2 is 1.77 bits per heavy atom. The second-order valence-corrected chi connectivity index (χ2v) is 8.57. The normalized spacial score (nSPS) is 13.2. The predicted molar refractivity (Wildman–Crippen MR) is 137 cm³/mol. The zero-order chi connectivity index (χ0) is 24.5. The number of anilines is 3. The number of halogens is 1. The molecule has 3 N–H and O–H groups in total. The smallest absolute Gasteiger partial charge is 0.251 e. The lowest BCUT2D eigenvalue weighted by Gasteiger charge is -2.18. The average Bonchev–Trinajstić information content (AvgIpc) is 3.23. The summed E-state index contributed by atoms with van der Waals surface area (Å²) in [6.45, 7) is 2.60. The number of ether oxygens (including phenoxy) is 2. The SMILES string of the molecule is COc1cc2nc(Cl)nc(N[C@H](C)c3cccc(Nc4ccc5c(c4)CNC5=O)c3)c2cc1OC. The number of nitrogens with one attached hydrogen (secondary N) is 3. The van der Waals surface area contributed by atoms with Gasteiger partial charge in [-0.1, -0.05) is 12.1 Å². The monoisotopic (exact) mass is 489 g/mol. The summed E-state index contributed by atoms with van der Waals surface area (Å²) in [4.78, 5) is 20.6. The molecular weight excluding hydrogens is 466 g/mol. The van der Waals surface area contributed by atoms with E-state index in [-0.39, 0.29) is 17.2 Å². The number of hydrogen-bond acceptors (Lipinski definition) is 7. The van der Waals surface area contributed by atoms with E-state index in [1.54, 1.807) is 20.3 Å². The van der Waals surface area contributed by atoms with Gasteiger partial charge in [-0.25, -0.2) is 9.97 Å². The van der Waals surface area contributed by atoms with E-state index in [1.165, 1.54) is 0 Å². The van der Waals surface area contributed by atoms with Gasteiger partial charge < -0.3 is 25.4 Å². The van der Waals surface area contributed by atoms with Crippen molar-refractivity contribution in [1.29, 1.82) is 0 Å². The second-order valence-electron chi connectivity index (χ2n) is 8.24. The summed E-state index contributed by atoms with van der Waals surface area (Å²) in [5, 5.41) is 10.6. The Kier molecular flexibility index (Phi) is 6.05. The number of methoxy groups -OCH3 is 2. The fourth-order valence-corrected chi connectivity index (χ4v) is 4.36. The zero-order valence-electron chi connectivity index (χ0n) is 19.5. The van der Waals surface area contributed by atoms with Gasteiger partial charge in [0.25, 0.3) is 5.91 Å². The Hall–Kier alpha value is -4.04. The van der Waals surface area contributed by atoms with Crippen LogP contribution in [0.15, 0.2) is 54.6 Å². The molecule has 1 atom stereocenters. The van der Waals surface area contributed by atoms with Crippen LogP contribution in [0.25, 0.3) is 10.9 Å². The van der Waals surface area contributed by atoms with Crippen molar-refractivity contribution in [2.75, 3.05) is 24.9 Å². The molecule has 3 aromatic carbocycles. The lowest BCUT2D eigenvalue weighted by Crippen LogP contribution is -2.12. The van der Waals surface area contributed by atoms with E-state index in [9.17, 15) is 4.79 Å². The van der Waals surface area contributed by atoms with E-state index in [0.29, 0.717) is 29.4 Å². The van der Waals surface area contributed by atoms with E-state index in [4.69, 9.17) is 21.1 Å². The highest BCUT2D eigenvalue weighted by Crippen LogP contribution is 2.36. The van der Waals surface area contributed by atoms with Gasteiger partial charge in [-0.2, -0.15) is 0 Å². The van der Waals surface area contributed by atoms with E-state index < -0.39 is 0 Å². The summed E-state index contributed by atoms with van der Waals surface area (Å²) in [5.74, 6) is 1.72. The zero-order valence-corrected chi connectivity index (χ0v) is 20.2. The third kappa shape index (κ3) is 4.52. The molecule has 2 heterocycles. The number of carbonyl (C=O) groups is 1. The van der Waals surface area contributed by atoms with Gasteiger partial charge in [0.15, 0.2) is 11.5 Å². The van der Waals surface area contributed by atoms with Crippen molar-refractivity contribution in [3.05, 3.63) is 76.6 Å². The van der Waals surface area contributed by atoms with Crippen LogP contribution in [0, 0.1) is 0 Å². The standard InChI is InChI=1S/C26H24ClN5O3/c1-14(29-24-20-11-22(34-2)23(35-3)12-21(20)31-26(27)32-24)15-5-4-6-17(9-15)30-18-7-8-19-16(10-18)13-28-25(19)33/h4-12,14,30H,13H2,1-3H3,(H,28,33)(H,29,31,32)/t14-/m1/s1. The molecule has 35 heavy (non-hydrogen) atoms. The highest BCUT2D eigenvalue weighted by molar-refractivity contribution is 6.28. The van der Waals surface area contributed by atoms with Crippen molar-refractivity contribution in [2.24, 2.45) is 0 Å². The van der Waals surface area contributed by atoms with Gasteiger partial charge in [0.1, 0.15) is 5.82 Å². The fourth-order valence-electron chi connectivity index (χ4n) is 4.19. The van der Waals surface area contributed by atoms with Gasteiger partial charge in [0.05, 0.1) is 25.8 Å². The highest BCUT2D eigenvalue weighted by atomic mass is 35.5. The highest BCUT2D eigenvalue weighted by Gasteiger charge is 2.19. The minimum Gasteiger partial charge on any atom is -0.493 e. The second kappa shape index (κ2) is 9.31. The largest absolute Gasteiger partial charge is 0.493 e. The fraction of sp³-hybridized carbons (Fsp3) is 0.192. The predicted octanol–water partition coefficient (Wildman–Crippen LogP) is 5.46. The molecule has 178 valence electrons. The van der Waals surface area contributed by atoms with E-state index in [2.05, 4.69) is 32.0 Å². The maximum absolute atomic E-state index is 11.8. The molecule has 0 bridgehead atoms. The summed E-state index contributed by atoms with van der Waals surface area (Å²) >= 11 is 6.22. The van der Waals surface area contributed by atoms with Crippen LogP contribution in [0.2, 0.25) is 5.28 Å². The Bertz CT molecular complexity index is 1440. The first-order valence-corrected chi connectivity index (χ1v) is 11.5. The molecule has 8 nitrogen and oxygen atoms in total. The third-order valence-corrected chi connectivity index (χ3v) is 6.16. The van der Waals surface area contributed by atoms with Crippen LogP contribution in [0.4, 0.5) is 17.2 Å². The molecule has 1 aliphatic heterocycles. The van der Waals surface area contributed by atoms with Crippen molar-refractivity contribution < 1.29 is 14.3 Å². The van der Waals surface area contributed by atoms with Crippen molar-refractivity contribution in [1.82, 2.24) is 15.3 Å². The average molecular weight is 490 g/mol. The summed E-state index contributed by atoms with van der Waals surface area (Å²) in [7, 11) is 3.16. The Morgan fingerprint density at radius 1 is 1.00 bits per heavy atom. The molecule has 0 saturated heterocycles. The number of amides is 1. The molecule has 0 unspecified atom stereocenters. The number of nitrogens with zero attached hydrogens (tertiary/aromatic N) is 2. The molecule has 1 aliphatic rings. The van der Waals surface area contributed by atoms with Crippen LogP contribution >= 0.6 is 11.6 Å². The van der Waals surface area contributed by atoms with Crippen molar-refractivity contribution in [3.8, 4) is 11.5 Å². The maximum Gasteiger partial charge on any atom is 0.251 e. The first-order valence-electron chi connectivity index (χ1n) is 11.1. The van der Waals surface area contributed by atoms with Crippen molar-refractivity contribution in [3.63, 3.8) is 0 Å². The maximum atomic E-state index is 11.8. The lowest BCUT2D eigenvalue weighted by molar-refractivity contribution is 0.0965. The van der Waals surface area contributed by atoms with Crippen LogP contribution in [0.3, 0.4) is 0 Å². The molecule has 0 saturated carbocycles. The van der Waals surface area contributed by atoms with Gasteiger partial charge in [-0.15, -0.1) is 0 Å². The van der Waals surface area contributed by atoms with E-state index >= 15 is 0 Å². The summed E-state index contributed by atoms with van der Waals surface area (Å²) in [6.07, 6.45) is 0. The quantitative estimate of drug-likeness (QED) is 0.296. The first-order chi connectivity index (χ1) is 16.9. The molecule has 9 heteroatoms. The van der Waals surface area contributed by atoms with Gasteiger partial charge in [-0.3, -0.25) is 4.79 Å². The molecular formula is C26H24ClN5O3. The van der Waals surface area contributed by atoms with Crippen LogP contribution in [0.1, 0.15) is 34.5 Å². The molecule has 0 aliphatic carbocycles. The lowest BCUT2D eigenvalue weighted by atomic mass is 10.1. The molecule has 4 aromatic rings. The number of hydrogen-bond donors (Lipinski definition) is 3. The van der Waals surface area contributed by atoms with Crippen LogP contribution in [0.5, 0.6) is 11.5 Å². The Labute approximate surface area is 207 Å². The summed E-state index contributed by atoms with van der Waals surface area (Å²) < 4.78 is 10.8. The molecule has 0 radical (unpaired) electrons. The molecule has 5 rings (SSSR count). The van der Waals surface area contributed by atoms with E-state index in [1.807, 2.05) is 49.4 Å². The minimum absolute atomic E-state index is 0.0261. The van der Waals surface area contributed by atoms with Crippen LogP contribution in [-0.4, -0.2) is 30.1 Å². The van der Waals surface area contributed by atoms with Crippen LogP contribution in [-0.2, 0) is 6.54 Å². The number of aromatic nitrogens is 2. The van der Waals surface area contributed by atoms with Crippen molar-refractivity contribution in [2.45, 2.75) is 19.5 Å². The van der Waals surface area contributed by atoms with Gasteiger partial charge >= 0.3 is 0 Å². The molecule has 1 amide bonds. The van der Waals surface area contributed by atoms with E-state index in [0.717, 1.165) is 33.5 Å². The first kappa shape index (κ1) is 22.7. The Balaban J connectivity index is 1.40. The number of benzene rings is 3. The summed E-state index contributed by atoms with van der Waals surface area (Å²) in [6, 6.07) is 17.4. The topological polar surface area (TPSA) is 97.4 Å². The van der Waals surface area contributed by atoms with Crippen LogP contribution < -0.4 is 25.4 Å². The minimum atomic E-state index is -0.0825. The van der Waals surface area contributed by atoms with Gasteiger partial charge in [0.2, 0.25) is 5.28 Å². The number of fused-ring (bicyclic) bond motifs is 2. The number of carbonyl (C=O) groups excluding carboxylic acids is 1.